The minimum absolute atomic E-state index is 0.0410. The molecule has 152 valence electrons. The Morgan fingerprint density at radius 2 is 1.89 bits per heavy atom. The van der Waals surface area contributed by atoms with E-state index in [1.54, 1.807) is 0 Å². The van der Waals surface area contributed by atoms with E-state index in [0.717, 1.165) is 24.8 Å². The summed E-state index contributed by atoms with van der Waals surface area (Å²) >= 11 is 0. The van der Waals surface area contributed by atoms with Gasteiger partial charge in [0.05, 0.1) is 7.11 Å². The summed E-state index contributed by atoms with van der Waals surface area (Å²) in [5.41, 5.74) is 0.765. The van der Waals surface area contributed by atoms with Crippen molar-refractivity contribution in [3.8, 4) is 0 Å². The third-order valence-corrected chi connectivity index (χ3v) is 6.70. The summed E-state index contributed by atoms with van der Waals surface area (Å²) in [4.78, 5) is 18.5. The zero-order valence-electron chi connectivity index (χ0n) is 17.9. The molecule has 5 unspecified atom stereocenters. The van der Waals surface area contributed by atoms with E-state index in [-0.39, 0.29) is 35.2 Å². The van der Waals surface area contributed by atoms with Crippen LogP contribution in [0, 0.1) is 5.92 Å². The number of hydrogen-bond donors (Lipinski definition) is 1. The number of rotatable bonds is 6. The molecule has 1 N–H and O–H groups in total. The number of piperidine rings is 1. The number of hydroxylamine groups is 2. The van der Waals surface area contributed by atoms with Crippen LogP contribution in [0.15, 0.2) is 30.3 Å². The Balaban J connectivity index is 2.34. The van der Waals surface area contributed by atoms with Gasteiger partial charge < -0.3 is 10.1 Å². The maximum atomic E-state index is 11.9. The number of methoxy groups -OCH3 is 1. The molecule has 1 heterocycles. The number of benzene rings is 1. The predicted octanol–water partition coefficient (Wildman–Crippen LogP) is 5.08. The Bertz CT molecular complexity index is 623. The second kappa shape index (κ2) is 8.61. The van der Waals surface area contributed by atoms with Gasteiger partial charge >= 0.3 is 6.09 Å². The lowest BCUT2D eigenvalue weighted by Crippen LogP contribution is -2.70. The van der Waals surface area contributed by atoms with Crippen LogP contribution in [0.3, 0.4) is 0 Å². The van der Waals surface area contributed by atoms with Crippen LogP contribution < -0.4 is 5.32 Å². The zero-order chi connectivity index (χ0) is 20.2. The van der Waals surface area contributed by atoms with E-state index in [9.17, 15) is 4.79 Å². The lowest BCUT2D eigenvalue weighted by molar-refractivity contribution is -0.327. The van der Waals surface area contributed by atoms with Gasteiger partial charge in [-0.05, 0) is 51.5 Å². The summed E-state index contributed by atoms with van der Waals surface area (Å²) in [6.07, 6.45) is 2.26. The van der Waals surface area contributed by atoms with Crippen LogP contribution >= 0.6 is 0 Å². The molecule has 1 amide bonds. The van der Waals surface area contributed by atoms with Crippen LogP contribution in [0.1, 0.15) is 72.5 Å². The molecule has 1 fully saturated rings. The monoisotopic (exact) mass is 376 g/mol. The van der Waals surface area contributed by atoms with Crippen LogP contribution in [0.25, 0.3) is 0 Å². The van der Waals surface area contributed by atoms with Crippen molar-refractivity contribution in [2.24, 2.45) is 5.92 Å². The second-order valence-electron chi connectivity index (χ2n) is 8.25. The van der Waals surface area contributed by atoms with Crippen molar-refractivity contribution < 1.29 is 14.4 Å². The van der Waals surface area contributed by atoms with Crippen molar-refractivity contribution >= 4 is 6.09 Å². The average molecular weight is 377 g/mol. The number of nitrogens with one attached hydrogen (secondary N) is 1. The van der Waals surface area contributed by atoms with Crippen molar-refractivity contribution in [3.05, 3.63) is 35.9 Å². The van der Waals surface area contributed by atoms with E-state index >= 15 is 0 Å². The second-order valence-corrected chi connectivity index (χ2v) is 8.25. The number of amides is 1. The first-order chi connectivity index (χ1) is 12.7. The van der Waals surface area contributed by atoms with E-state index in [0.29, 0.717) is 0 Å². The minimum atomic E-state index is -0.365. The smallest absolute Gasteiger partial charge is 0.407 e. The largest absolute Gasteiger partial charge is 0.453 e. The van der Waals surface area contributed by atoms with Gasteiger partial charge in [0.1, 0.15) is 6.10 Å². The van der Waals surface area contributed by atoms with Crippen LogP contribution in [0.4, 0.5) is 4.79 Å². The fourth-order valence-corrected chi connectivity index (χ4v) is 4.30. The molecule has 27 heavy (non-hydrogen) atoms. The van der Waals surface area contributed by atoms with Gasteiger partial charge in [-0.1, -0.05) is 51.1 Å². The SMILES string of the molecule is CCC1(C)CC(NC(=O)OC)C(C)C(C)(CC)N1OC(C)c1ccccc1. The van der Waals surface area contributed by atoms with Crippen molar-refractivity contribution in [2.75, 3.05) is 7.11 Å². The molecule has 0 bridgehead atoms. The molecule has 5 atom stereocenters. The van der Waals surface area contributed by atoms with Gasteiger partial charge in [0.25, 0.3) is 0 Å². The standard InChI is InChI=1S/C22H36N2O3/c1-8-21(5)15-19(23-20(25)26-7)16(3)22(6,9-2)24(21)27-17(4)18-13-11-10-12-14-18/h10-14,16-17,19H,8-9,15H2,1-7H3,(H,23,25). The molecule has 0 spiro atoms. The summed E-state index contributed by atoms with van der Waals surface area (Å²) in [5.74, 6) is 0.212. The Morgan fingerprint density at radius 3 is 2.41 bits per heavy atom. The van der Waals surface area contributed by atoms with Crippen LogP contribution in [-0.4, -0.2) is 35.4 Å². The number of nitrogens with zero attached hydrogens (tertiary/aromatic N) is 1. The third-order valence-electron chi connectivity index (χ3n) is 6.70. The summed E-state index contributed by atoms with van der Waals surface area (Å²) in [7, 11) is 1.41. The molecule has 2 rings (SSSR count). The van der Waals surface area contributed by atoms with Gasteiger partial charge in [0, 0.05) is 17.1 Å². The van der Waals surface area contributed by atoms with Gasteiger partial charge in [-0.15, -0.1) is 0 Å². The number of carbonyl (C=O) groups is 1. The molecule has 1 aliphatic rings. The minimum Gasteiger partial charge on any atom is -0.453 e. The maximum absolute atomic E-state index is 11.9. The van der Waals surface area contributed by atoms with Gasteiger partial charge in [-0.25, -0.2) is 4.79 Å². The number of alkyl carbamates (subject to hydrolysis) is 1. The lowest BCUT2D eigenvalue weighted by atomic mass is 9.68. The van der Waals surface area contributed by atoms with E-state index in [1.807, 2.05) is 18.2 Å². The Kier molecular flexibility index (Phi) is 6.92. The molecule has 5 nitrogen and oxygen atoms in total. The first kappa shape index (κ1) is 21.7. The van der Waals surface area contributed by atoms with Crippen molar-refractivity contribution in [3.63, 3.8) is 0 Å². The number of carbonyl (C=O) groups excluding carboxylic acids is 1. The summed E-state index contributed by atoms with van der Waals surface area (Å²) in [6.45, 7) is 13.2. The molecule has 0 aromatic heterocycles. The van der Waals surface area contributed by atoms with Gasteiger partial charge in [-0.2, -0.15) is 5.06 Å². The zero-order valence-corrected chi connectivity index (χ0v) is 17.9. The normalized spacial score (nSPS) is 32.7. The molecule has 0 aliphatic carbocycles. The Labute approximate surface area is 164 Å². The molecule has 1 aromatic rings. The molecule has 1 aromatic carbocycles. The van der Waals surface area contributed by atoms with E-state index in [1.165, 1.54) is 7.11 Å². The highest BCUT2D eigenvalue weighted by Crippen LogP contribution is 2.47. The number of hydrogen-bond acceptors (Lipinski definition) is 4. The molecule has 1 aliphatic heterocycles. The molecular weight excluding hydrogens is 340 g/mol. The fraction of sp³-hybridized carbons (Fsp3) is 0.682. The highest BCUT2D eigenvalue weighted by atomic mass is 16.7. The highest BCUT2D eigenvalue weighted by Gasteiger charge is 2.54. The van der Waals surface area contributed by atoms with E-state index < -0.39 is 0 Å². The van der Waals surface area contributed by atoms with Gasteiger partial charge in [0.15, 0.2) is 0 Å². The van der Waals surface area contributed by atoms with Crippen molar-refractivity contribution in [2.45, 2.75) is 84.0 Å². The molecule has 1 saturated heterocycles. The summed E-state index contributed by atoms with van der Waals surface area (Å²) in [5, 5.41) is 5.29. The fourth-order valence-electron chi connectivity index (χ4n) is 4.30. The quantitative estimate of drug-likeness (QED) is 0.752. The highest BCUT2D eigenvalue weighted by molar-refractivity contribution is 5.67. The average Bonchev–Trinajstić information content (AvgIpc) is 2.69. The molecule has 0 saturated carbocycles. The Hall–Kier alpha value is -1.59. The number of ether oxygens (including phenoxy) is 1. The topological polar surface area (TPSA) is 50.8 Å². The van der Waals surface area contributed by atoms with Gasteiger partial charge in [-0.3, -0.25) is 4.84 Å². The first-order valence-corrected chi connectivity index (χ1v) is 10.1. The van der Waals surface area contributed by atoms with E-state index in [4.69, 9.17) is 9.57 Å². The maximum Gasteiger partial charge on any atom is 0.407 e. The first-order valence-electron chi connectivity index (χ1n) is 10.1. The van der Waals surface area contributed by atoms with Gasteiger partial charge in [0.2, 0.25) is 0 Å². The molecule has 5 heteroatoms. The summed E-state index contributed by atoms with van der Waals surface area (Å²) < 4.78 is 4.86. The van der Waals surface area contributed by atoms with Crippen molar-refractivity contribution in [1.29, 1.82) is 0 Å². The van der Waals surface area contributed by atoms with Crippen LogP contribution in [0.2, 0.25) is 0 Å². The Morgan fingerprint density at radius 1 is 1.26 bits per heavy atom. The van der Waals surface area contributed by atoms with Crippen molar-refractivity contribution in [1.82, 2.24) is 10.4 Å². The lowest BCUT2D eigenvalue weighted by Gasteiger charge is -2.59. The van der Waals surface area contributed by atoms with Crippen LogP contribution in [-0.2, 0) is 9.57 Å². The summed E-state index contributed by atoms with van der Waals surface area (Å²) in [6, 6.07) is 10.4. The predicted molar refractivity (Wildman–Crippen MR) is 108 cm³/mol. The third kappa shape index (κ3) is 4.30. The molecular formula is C22H36N2O3. The molecule has 0 radical (unpaired) electrons. The van der Waals surface area contributed by atoms with E-state index in [2.05, 4.69) is 64.1 Å². The van der Waals surface area contributed by atoms with Crippen LogP contribution in [0.5, 0.6) is 0 Å².